The topological polar surface area (TPSA) is 95.9 Å². The van der Waals surface area contributed by atoms with Crippen molar-refractivity contribution in [2.75, 3.05) is 5.32 Å². The van der Waals surface area contributed by atoms with Crippen LogP contribution in [0.4, 0.5) is 10.5 Å². The zero-order valence-electron chi connectivity index (χ0n) is 11.2. The number of aromatic carboxylic acids is 1. The van der Waals surface area contributed by atoms with Gasteiger partial charge in [0.2, 0.25) is 0 Å². The molecule has 0 fully saturated rings. The molecule has 0 aliphatic heterocycles. The molecule has 0 aliphatic carbocycles. The lowest BCUT2D eigenvalue weighted by atomic mass is 10.1. The number of phenols is 1. The molecule has 7 heteroatoms. The Hall–Kier alpha value is -2.73. The number of amides is 1. The number of hydrogen-bond donors (Lipinski definition) is 3. The van der Waals surface area contributed by atoms with Gasteiger partial charge in [0.15, 0.2) is 5.75 Å². The van der Waals surface area contributed by atoms with E-state index in [0.717, 1.165) is 5.56 Å². The van der Waals surface area contributed by atoms with Gasteiger partial charge in [0.25, 0.3) is 0 Å². The van der Waals surface area contributed by atoms with E-state index >= 15 is 0 Å². The number of anilines is 1. The Morgan fingerprint density at radius 3 is 2.45 bits per heavy atom. The first-order chi connectivity index (χ1) is 10.5. The van der Waals surface area contributed by atoms with Gasteiger partial charge in [-0.1, -0.05) is 41.9 Å². The van der Waals surface area contributed by atoms with Gasteiger partial charge in [-0.05, 0) is 17.7 Å². The monoisotopic (exact) mass is 321 g/mol. The Balaban J connectivity index is 2.11. The second kappa shape index (κ2) is 6.82. The Morgan fingerprint density at radius 2 is 1.82 bits per heavy atom. The molecular weight excluding hydrogens is 310 g/mol. The van der Waals surface area contributed by atoms with Gasteiger partial charge in [0.05, 0.1) is 10.6 Å². The Bertz CT molecular complexity index is 703. The average Bonchev–Trinajstić information content (AvgIpc) is 2.50. The summed E-state index contributed by atoms with van der Waals surface area (Å²) in [6.07, 6.45) is -0.899. The van der Waals surface area contributed by atoms with E-state index in [4.69, 9.17) is 21.4 Å². The minimum atomic E-state index is -1.31. The van der Waals surface area contributed by atoms with Crippen molar-refractivity contribution in [1.82, 2.24) is 0 Å². The maximum Gasteiger partial charge on any atom is 0.412 e. The van der Waals surface area contributed by atoms with E-state index < -0.39 is 17.8 Å². The van der Waals surface area contributed by atoms with E-state index in [-0.39, 0.29) is 22.9 Å². The Morgan fingerprint density at radius 1 is 1.14 bits per heavy atom. The number of hydrogen-bond acceptors (Lipinski definition) is 4. The average molecular weight is 322 g/mol. The number of halogens is 1. The highest BCUT2D eigenvalue weighted by Gasteiger charge is 2.19. The summed E-state index contributed by atoms with van der Waals surface area (Å²) in [6, 6.07) is 11.4. The van der Waals surface area contributed by atoms with Crippen LogP contribution in [0.15, 0.2) is 42.5 Å². The van der Waals surface area contributed by atoms with Crippen LogP contribution >= 0.6 is 11.6 Å². The zero-order chi connectivity index (χ0) is 16.1. The maximum atomic E-state index is 11.7. The van der Waals surface area contributed by atoms with Crippen LogP contribution in [0.2, 0.25) is 5.02 Å². The normalized spacial score (nSPS) is 10.0. The highest BCUT2D eigenvalue weighted by atomic mass is 35.5. The van der Waals surface area contributed by atoms with Crippen LogP contribution in [-0.2, 0) is 11.3 Å². The smallest absolute Gasteiger partial charge is 0.412 e. The predicted molar refractivity (Wildman–Crippen MR) is 80.3 cm³/mol. The molecule has 0 unspecified atom stereocenters. The van der Waals surface area contributed by atoms with Crippen LogP contribution < -0.4 is 5.32 Å². The van der Waals surface area contributed by atoms with Crippen molar-refractivity contribution in [1.29, 1.82) is 0 Å². The second-order valence-corrected chi connectivity index (χ2v) is 4.72. The third-order valence-corrected chi connectivity index (χ3v) is 3.10. The van der Waals surface area contributed by atoms with Crippen LogP contribution in [0, 0.1) is 0 Å². The van der Waals surface area contributed by atoms with Gasteiger partial charge in [-0.25, -0.2) is 9.59 Å². The van der Waals surface area contributed by atoms with Gasteiger partial charge < -0.3 is 14.9 Å². The van der Waals surface area contributed by atoms with Gasteiger partial charge in [0.1, 0.15) is 12.3 Å². The van der Waals surface area contributed by atoms with E-state index in [1.807, 2.05) is 6.07 Å². The lowest BCUT2D eigenvalue weighted by Crippen LogP contribution is -2.16. The Labute approximate surface area is 130 Å². The molecule has 2 rings (SSSR count). The molecule has 114 valence electrons. The van der Waals surface area contributed by atoms with Gasteiger partial charge >= 0.3 is 12.1 Å². The molecular formula is C15H12ClNO5. The van der Waals surface area contributed by atoms with Crippen molar-refractivity contribution in [2.45, 2.75) is 6.61 Å². The first-order valence-electron chi connectivity index (χ1n) is 6.21. The van der Waals surface area contributed by atoms with Crippen molar-refractivity contribution in [3.05, 3.63) is 58.6 Å². The zero-order valence-corrected chi connectivity index (χ0v) is 12.0. The van der Waals surface area contributed by atoms with E-state index in [0.29, 0.717) is 0 Å². The molecule has 2 aromatic rings. The number of nitrogens with one attached hydrogen (secondary N) is 1. The number of carboxylic acids is 1. The van der Waals surface area contributed by atoms with Crippen molar-refractivity contribution in [2.24, 2.45) is 0 Å². The molecule has 6 nitrogen and oxygen atoms in total. The van der Waals surface area contributed by atoms with E-state index in [2.05, 4.69) is 5.32 Å². The van der Waals surface area contributed by atoms with E-state index in [9.17, 15) is 14.7 Å². The largest absolute Gasteiger partial charge is 0.504 e. The van der Waals surface area contributed by atoms with Gasteiger partial charge in [0, 0.05) is 0 Å². The lowest BCUT2D eigenvalue weighted by molar-refractivity contribution is 0.0697. The summed E-state index contributed by atoms with van der Waals surface area (Å²) in [5.41, 5.74) is 0.169. The third kappa shape index (κ3) is 3.67. The van der Waals surface area contributed by atoms with Crippen LogP contribution in [0.1, 0.15) is 15.9 Å². The van der Waals surface area contributed by atoms with Crippen LogP contribution in [0.5, 0.6) is 5.75 Å². The molecule has 3 N–H and O–H groups in total. The molecule has 0 radical (unpaired) electrons. The third-order valence-electron chi connectivity index (χ3n) is 2.80. The van der Waals surface area contributed by atoms with Gasteiger partial charge in [-0.2, -0.15) is 0 Å². The highest BCUT2D eigenvalue weighted by molar-refractivity contribution is 6.33. The van der Waals surface area contributed by atoms with Crippen molar-refractivity contribution in [3.63, 3.8) is 0 Å². The fourth-order valence-corrected chi connectivity index (χ4v) is 1.89. The van der Waals surface area contributed by atoms with Crippen molar-refractivity contribution in [3.8, 4) is 5.75 Å². The summed E-state index contributed by atoms with van der Waals surface area (Å²) >= 11 is 5.71. The first-order valence-corrected chi connectivity index (χ1v) is 6.59. The molecule has 22 heavy (non-hydrogen) atoms. The van der Waals surface area contributed by atoms with Gasteiger partial charge in [-0.3, -0.25) is 5.32 Å². The van der Waals surface area contributed by atoms with Gasteiger partial charge in [-0.15, -0.1) is 0 Å². The van der Waals surface area contributed by atoms with Crippen molar-refractivity contribution < 1.29 is 24.5 Å². The number of rotatable bonds is 4. The molecule has 0 saturated heterocycles. The molecule has 0 bridgehead atoms. The van der Waals surface area contributed by atoms with E-state index in [1.165, 1.54) is 12.1 Å². The molecule has 2 aromatic carbocycles. The van der Waals surface area contributed by atoms with E-state index in [1.54, 1.807) is 24.3 Å². The van der Waals surface area contributed by atoms with Crippen LogP contribution in [-0.4, -0.2) is 22.3 Å². The number of carbonyl (C=O) groups is 2. The van der Waals surface area contributed by atoms with Crippen LogP contribution in [0.25, 0.3) is 0 Å². The number of phenolic OH excluding ortho intramolecular Hbond substituents is 1. The summed E-state index contributed by atoms with van der Waals surface area (Å²) < 4.78 is 4.96. The fourth-order valence-electron chi connectivity index (χ4n) is 1.73. The number of ether oxygens (including phenoxy) is 1. The molecule has 1 amide bonds. The summed E-state index contributed by atoms with van der Waals surface area (Å²) in [6.45, 7) is 0.0103. The number of aromatic hydroxyl groups is 1. The number of benzene rings is 2. The predicted octanol–water partition coefficient (Wildman–Crippen LogP) is 3.49. The quantitative estimate of drug-likeness (QED) is 0.749. The number of carbonyl (C=O) groups excluding carboxylic acids is 1. The summed E-state index contributed by atoms with van der Waals surface area (Å²) in [5.74, 6) is -1.84. The minimum absolute atomic E-state index is 0.0103. The summed E-state index contributed by atoms with van der Waals surface area (Å²) in [4.78, 5) is 22.8. The maximum absolute atomic E-state index is 11.7. The molecule has 0 atom stereocenters. The minimum Gasteiger partial charge on any atom is -0.504 e. The molecule has 0 aliphatic rings. The molecule has 0 aromatic heterocycles. The molecule has 0 saturated carbocycles. The summed E-state index contributed by atoms with van der Waals surface area (Å²) in [7, 11) is 0. The molecule has 0 spiro atoms. The fraction of sp³-hybridized carbons (Fsp3) is 0.0667. The number of carboxylic acid groups (broad SMARTS) is 1. The highest BCUT2D eigenvalue weighted by Crippen LogP contribution is 2.35. The lowest BCUT2D eigenvalue weighted by Gasteiger charge is -2.12. The van der Waals surface area contributed by atoms with Crippen LogP contribution in [0.3, 0.4) is 0 Å². The first kappa shape index (κ1) is 15.7. The standard InChI is InChI=1S/C15H12ClNO5/c16-11-7-6-10(14(19)20)12(13(11)18)17-15(21)22-8-9-4-2-1-3-5-9/h1-7,18H,8H2,(H,17,21)(H,19,20). The second-order valence-electron chi connectivity index (χ2n) is 4.31. The Kier molecular flexibility index (Phi) is 4.85. The SMILES string of the molecule is O=C(Nc1c(C(=O)O)ccc(Cl)c1O)OCc1ccccc1. The summed E-state index contributed by atoms with van der Waals surface area (Å²) in [5, 5.41) is 21.0. The molecule has 0 heterocycles. The van der Waals surface area contributed by atoms with Crippen molar-refractivity contribution >= 4 is 29.4 Å².